The molecule has 0 spiro atoms. The van der Waals surface area contributed by atoms with E-state index in [9.17, 15) is 9.59 Å². The molecule has 142 valence electrons. The van der Waals surface area contributed by atoms with Crippen molar-refractivity contribution in [2.24, 2.45) is 0 Å². The Morgan fingerprint density at radius 2 is 1.77 bits per heavy atom. The van der Waals surface area contributed by atoms with Crippen molar-refractivity contribution in [1.82, 2.24) is 20.4 Å². The largest absolute Gasteiger partial charge is 0.486 e. The summed E-state index contributed by atoms with van der Waals surface area (Å²) in [6.45, 7) is 7.12. The second-order valence-corrected chi connectivity index (χ2v) is 6.35. The SMILES string of the molecule is CCNC(=O)CN1CCN(C(=O)NCc2ccc3c(c2)OCCO3)CC1. The number of fused-ring (bicyclic) bond motifs is 1. The maximum Gasteiger partial charge on any atom is 0.317 e. The zero-order valence-electron chi connectivity index (χ0n) is 15.1. The zero-order chi connectivity index (χ0) is 18.4. The highest BCUT2D eigenvalue weighted by atomic mass is 16.6. The molecule has 26 heavy (non-hydrogen) atoms. The molecular formula is C18H26N4O4. The minimum Gasteiger partial charge on any atom is -0.486 e. The Balaban J connectivity index is 1.42. The van der Waals surface area contributed by atoms with E-state index in [0.717, 1.165) is 17.1 Å². The molecule has 2 aliphatic heterocycles. The van der Waals surface area contributed by atoms with Gasteiger partial charge in [-0.15, -0.1) is 0 Å². The summed E-state index contributed by atoms with van der Waals surface area (Å²) >= 11 is 0. The van der Waals surface area contributed by atoms with Gasteiger partial charge < -0.3 is 25.0 Å². The van der Waals surface area contributed by atoms with Crippen molar-refractivity contribution in [1.29, 1.82) is 0 Å². The number of rotatable bonds is 5. The average Bonchev–Trinajstić information content (AvgIpc) is 2.66. The number of piperazine rings is 1. The Bertz CT molecular complexity index is 644. The maximum atomic E-state index is 12.4. The molecule has 0 atom stereocenters. The second-order valence-electron chi connectivity index (χ2n) is 6.35. The smallest absolute Gasteiger partial charge is 0.317 e. The molecule has 0 saturated carbocycles. The monoisotopic (exact) mass is 362 g/mol. The predicted molar refractivity (Wildman–Crippen MR) is 96.4 cm³/mol. The van der Waals surface area contributed by atoms with Crippen LogP contribution in [0, 0.1) is 0 Å². The maximum absolute atomic E-state index is 12.4. The van der Waals surface area contributed by atoms with Crippen LogP contribution in [0.5, 0.6) is 11.5 Å². The van der Waals surface area contributed by atoms with Gasteiger partial charge in [-0.3, -0.25) is 9.69 Å². The number of hydrogen-bond acceptors (Lipinski definition) is 5. The third kappa shape index (κ3) is 4.78. The number of urea groups is 1. The molecule has 2 N–H and O–H groups in total. The summed E-state index contributed by atoms with van der Waals surface area (Å²) in [4.78, 5) is 27.8. The number of nitrogens with zero attached hydrogens (tertiary/aromatic N) is 2. The van der Waals surface area contributed by atoms with Crippen LogP contribution in [-0.2, 0) is 11.3 Å². The van der Waals surface area contributed by atoms with Crippen molar-refractivity contribution in [3.05, 3.63) is 23.8 Å². The fourth-order valence-corrected chi connectivity index (χ4v) is 3.05. The molecule has 1 aromatic carbocycles. The molecule has 0 bridgehead atoms. The Morgan fingerprint density at radius 3 is 2.50 bits per heavy atom. The van der Waals surface area contributed by atoms with Crippen LogP contribution < -0.4 is 20.1 Å². The Labute approximate surface area is 153 Å². The topological polar surface area (TPSA) is 83.1 Å². The number of nitrogens with one attached hydrogen (secondary N) is 2. The average molecular weight is 362 g/mol. The van der Waals surface area contributed by atoms with E-state index in [1.807, 2.05) is 25.1 Å². The Morgan fingerprint density at radius 1 is 1.04 bits per heavy atom. The summed E-state index contributed by atoms with van der Waals surface area (Å²) in [5.74, 6) is 1.50. The van der Waals surface area contributed by atoms with Crippen molar-refractivity contribution in [2.45, 2.75) is 13.5 Å². The minimum atomic E-state index is -0.0856. The Kier molecular flexibility index (Phi) is 6.17. The van der Waals surface area contributed by atoms with Gasteiger partial charge in [-0.2, -0.15) is 0 Å². The van der Waals surface area contributed by atoms with Gasteiger partial charge in [-0.05, 0) is 24.6 Å². The molecule has 0 aliphatic carbocycles. The number of benzene rings is 1. The van der Waals surface area contributed by atoms with Gasteiger partial charge in [0.15, 0.2) is 11.5 Å². The lowest BCUT2D eigenvalue weighted by atomic mass is 10.2. The van der Waals surface area contributed by atoms with Crippen LogP contribution in [0.15, 0.2) is 18.2 Å². The van der Waals surface area contributed by atoms with Gasteiger partial charge in [0.25, 0.3) is 0 Å². The van der Waals surface area contributed by atoms with Gasteiger partial charge in [0, 0.05) is 39.3 Å². The molecule has 1 aromatic rings. The first kappa shape index (κ1) is 18.3. The summed E-state index contributed by atoms with van der Waals surface area (Å²) in [5, 5.41) is 5.74. The number of hydrogen-bond donors (Lipinski definition) is 2. The normalized spacial score (nSPS) is 16.9. The minimum absolute atomic E-state index is 0.0315. The highest BCUT2D eigenvalue weighted by molar-refractivity contribution is 5.78. The van der Waals surface area contributed by atoms with E-state index in [-0.39, 0.29) is 11.9 Å². The molecule has 1 fully saturated rings. The fourth-order valence-electron chi connectivity index (χ4n) is 3.05. The highest BCUT2D eigenvalue weighted by Gasteiger charge is 2.22. The van der Waals surface area contributed by atoms with Crippen LogP contribution in [0.3, 0.4) is 0 Å². The van der Waals surface area contributed by atoms with Gasteiger partial charge in [0.1, 0.15) is 13.2 Å². The van der Waals surface area contributed by atoms with Crippen LogP contribution in [0.2, 0.25) is 0 Å². The van der Waals surface area contributed by atoms with Crippen molar-refractivity contribution in [3.8, 4) is 11.5 Å². The van der Waals surface area contributed by atoms with E-state index < -0.39 is 0 Å². The summed E-state index contributed by atoms with van der Waals surface area (Å²) in [5.41, 5.74) is 0.970. The third-order valence-corrected chi connectivity index (χ3v) is 4.45. The van der Waals surface area contributed by atoms with Crippen molar-refractivity contribution < 1.29 is 19.1 Å². The van der Waals surface area contributed by atoms with Gasteiger partial charge in [-0.1, -0.05) is 6.07 Å². The molecule has 8 heteroatoms. The fraction of sp³-hybridized carbons (Fsp3) is 0.556. The second kappa shape index (κ2) is 8.75. The quantitative estimate of drug-likeness (QED) is 0.793. The zero-order valence-corrected chi connectivity index (χ0v) is 15.1. The standard InChI is InChI=1S/C18H26N4O4/c1-2-19-17(23)13-21-5-7-22(8-6-21)18(24)20-12-14-3-4-15-16(11-14)26-10-9-25-15/h3-4,11H,2,5-10,12-13H2,1H3,(H,19,23)(H,20,24). The molecular weight excluding hydrogens is 336 g/mol. The summed E-state index contributed by atoms with van der Waals surface area (Å²) in [7, 11) is 0. The van der Waals surface area contributed by atoms with Crippen LogP contribution in [0.4, 0.5) is 4.79 Å². The molecule has 0 unspecified atom stereocenters. The van der Waals surface area contributed by atoms with Crippen LogP contribution in [0.1, 0.15) is 12.5 Å². The molecule has 2 aliphatic rings. The first-order valence-electron chi connectivity index (χ1n) is 9.06. The number of amides is 3. The van der Waals surface area contributed by atoms with Crippen molar-refractivity contribution in [3.63, 3.8) is 0 Å². The molecule has 1 saturated heterocycles. The lowest BCUT2D eigenvalue weighted by Gasteiger charge is -2.34. The highest BCUT2D eigenvalue weighted by Crippen LogP contribution is 2.30. The number of carbonyl (C=O) groups is 2. The predicted octanol–water partition coefficient (Wildman–Crippen LogP) is 0.421. The van der Waals surface area contributed by atoms with Gasteiger partial charge in [0.2, 0.25) is 5.91 Å². The Hall–Kier alpha value is -2.48. The van der Waals surface area contributed by atoms with Gasteiger partial charge >= 0.3 is 6.03 Å². The van der Waals surface area contributed by atoms with Gasteiger partial charge in [-0.25, -0.2) is 4.79 Å². The number of likely N-dealkylation sites (N-methyl/N-ethyl adjacent to an activating group) is 1. The first-order chi connectivity index (χ1) is 12.7. The first-order valence-corrected chi connectivity index (χ1v) is 9.06. The number of ether oxygens (including phenoxy) is 2. The molecule has 8 nitrogen and oxygen atoms in total. The van der Waals surface area contributed by atoms with Crippen molar-refractivity contribution >= 4 is 11.9 Å². The molecule has 0 radical (unpaired) electrons. The molecule has 2 heterocycles. The van der Waals surface area contributed by atoms with E-state index in [1.54, 1.807) is 4.90 Å². The molecule has 0 aromatic heterocycles. The number of carbonyl (C=O) groups excluding carboxylic acids is 2. The van der Waals surface area contributed by atoms with Crippen molar-refractivity contribution in [2.75, 3.05) is 52.5 Å². The van der Waals surface area contributed by atoms with E-state index in [4.69, 9.17) is 9.47 Å². The van der Waals surface area contributed by atoms with E-state index in [0.29, 0.717) is 59.0 Å². The summed E-state index contributed by atoms with van der Waals surface area (Å²) < 4.78 is 11.1. The van der Waals surface area contributed by atoms with Gasteiger partial charge in [0.05, 0.1) is 6.54 Å². The van der Waals surface area contributed by atoms with E-state index >= 15 is 0 Å². The summed E-state index contributed by atoms with van der Waals surface area (Å²) in [6, 6.07) is 5.62. The van der Waals surface area contributed by atoms with E-state index in [1.165, 1.54) is 0 Å². The lowest BCUT2D eigenvalue weighted by Crippen LogP contribution is -2.53. The van der Waals surface area contributed by atoms with Crippen LogP contribution in [0.25, 0.3) is 0 Å². The molecule has 3 amide bonds. The van der Waals surface area contributed by atoms with Crippen LogP contribution in [-0.4, -0.2) is 74.2 Å². The summed E-state index contributed by atoms with van der Waals surface area (Å²) in [6.07, 6.45) is 0. The van der Waals surface area contributed by atoms with Crippen LogP contribution >= 0.6 is 0 Å². The lowest BCUT2D eigenvalue weighted by molar-refractivity contribution is -0.122. The van der Waals surface area contributed by atoms with E-state index in [2.05, 4.69) is 15.5 Å². The third-order valence-electron chi connectivity index (χ3n) is 4.45. The molecule has 3 rings (SSSR count).